The molecule has 1 aliphatic heterocycles. The third kappa shape index (κ3) is 6.67. The first-order valence-corrected chi connectivity index (χ1v) is 8.99. The normalized spacial score (nSPS) is 18.2. The van der Waals surface area contributed by atoms with Crippen LogP contribution in [0.15, 0.2) is 12.4 Å². The standard InChI is InChI=1S/C18H36N2/c1-4-6-8-9-10-11-13-15-20-17-16-19(18(20)3)14-12-7-5-2/h16-18H,4-15H2,1-3H3. The molecule has 0 saturated carbocycles. The van der Waals surface area contributed by atoms with Gasteiger partial charge >= 0.3 is 0 Å². The summed E-state index contributed by atoms with van der Waals surface area (Å²) >= 11 is 0. The maximum absolute atomic E-state index is 2.51. The van der Waals surface area contributed by atoms with E-state index < -0.39 is 0 Å². The van der Waals surface area contributed by atoms with Gasteiger partial charge in [-0.05, 0) is 19.8 Å². The van der Waals surface area contributed by atoms with Crippen LogP contribution >= 0.6 is 0 Å². The summed E-state index contributed by atoms with van der Waals surface area (Å²) in [5, 5.41) is 0. The Morgan fingerprint density at radius 1 is 0.650 bits per heavy atom. The molecule has 0 aromatic heterocycles. The van der Waals surface area contributed by atoms with E-state index in [1.165, 1.54) is 77.3 Å². The van der Waals surface area contributed by atoms with Gasteiger partial charge in [0.2, 0.25) is 0 Å². The summed E-state index contributed by atoms with van der Waals surface area (Å²) in [5.41, 5.74) is 0. The van der Waals surface area contributed by atoms with E-state index in [1.54, 1.807) is 0 Å². The highest BCUT2D eigenvalue weighted by Crippen LogP contribution is 2.17. The number of unbranched alkanes of at least 4 members (excludes halogenated alkanes) is 8. The molecule has 0 radical (unpaired) electrons. The number of nitrogens with zero attached hydrogens (tertiary/aromatic N) is 2. The maximum Gasteiger partial charge on any atom is 0.0977 e. The van der Waals surface area contributed by atoms with Crippen LogP contribution in [0, 0.1) is 0 Å². The number of hydrogen-bond acceptors (Lipinski definition) is 2. The highest BCUT2D eigenvalue weighted by atomic mass is 15.4. The van der Waals surface area contributed by atoms with Crippen molar-refractivity contribution in [3.63, 3.8) is 0 Å². The Balaban J connectivity index is 2.03. The minimum Gasteiger partial charge on any atom is -0.356 e. The van der Waals surface area contributed by atoms with Crippen LogP contribution in [0.3, 0.4) is 0 Å². The third-order valence-corrected chi connectivity index (χ3v) is 4.45. The van der Waals surface area contributed by atoms with Gasteiger partial charge in [-0.3, -0.25) is 0 Å². The van der Waals surface area contributed by atoms with Crippen molar-refractivity contribution in [1.29, 1.82) is 0 Å². The molecule has 0 amide bonds. The Bertz CT molecular complexity index is 250. The Kier molecular flexibility index (Phi) is 9.61. The summed E-state index contributed by atoms with van der Waals surface area (Å²) in [5.74, 6) is 0. The molecule has 0 aliphatic carbocycles. The molecular weight excluding hydrogens is 244 g/mol. The Hall–Kier alpha value is -0.660. The molecule has 118 valence electrons. The van der Waals surface area contributed by atoms with Gasteiger partial charge in [0.15, 0.2) is 0 Å². The van der Waals surface area contributed by atoms with Crippen LogP contribution in [0.25, 0.3) is 0 Å². The molecule has 1 aliphatic rings. The zero-order chi connectivity index (χ0) is 14.6. The lowest BCUT2D eigenvalue weighted by Crippen LogP contribution is -2.36. The summed E-state index contributed by atoms with van der Waals surface area (Å²) in [7, 11) is 0. The third-order valence-electron chi connectivity index (χ3n) is 4.45. The van der Waals surface area contributed by atoms with Crippen molar-refractivity contribution in [2.45, 2.75) is 91.1 Å². The summed E-state index contributed by atoms with van der Waals surface area (Å²) in [6.07, 6.45) is 19.0. The van der Waals surface area contributed by atoms with E-state index in [0.29, 0.717) is 6.17 Å². The molecule has 2 heteroatoms. The molecule has 20 heavy (non-hydrogen) atoms. The van der Waals surface area contributed by atoms with E-state index in [2.05, 4.69) is 43.0 Å². The quantitative estimate of drug-likeness (QED) is 0.444. The molecule has 1 heterocycles. The molecule has 0 N–H and O–H groups in total. The number of rotatable bonds is 12. The van der Waals surface area contributed by atoms with Crippen molar-refractivity contribution in [2.24, 2.45) is 0 Å². The summed E-state index contributed by atoms with van der Waals surface area (Å²) in [6, 6.07) is 0. The fourth-order valence-corrected chi connectivity index (χ4v) is 2.93. The summed E-state index contributed by atoms with van der Waals surface area (Å²) in [4.78, 5) is 5.01. The van der Waals surface area contributed by atoms with Gasteiger partial charge < -0.3 is 9.80 Å². The van der Waals surface area contributed by atoms with Gasteiger partial charge in [0, 0.05) is 25.5 Å². The maximum atomic E-state index is 2.51. The van der Waals surface area contributed by atoms with Crippen molar-refractivity contribution < 1.29 is 0 Å². The SMILES string of the molecule is CCCCCCCCCN1C=CN(CCCCC)C1C. The zero-order valence-electron chi connectivity index (χ0n) is 14.1. The average molecular weight is 280 g/mol. The van der Waals surface area contributed by atoms with Gasteiger partial charge in [-0.2, -0.15) is 0 Å². The average Bonchev–Trinajstić information content (AvgIpc) is 2.80. The van der Waals surface area contributed by atoms with Gasteiger partial charge in [0.1, 0.15) is 0 Å². The lowest BCUT2D eigenvalue weighted by atomic mass is 10.1. The Morgan fingerprint density at radius 2 is 1.05 bits per heavy atom. The van der Waals surface area contributed by atoms with Crippen LogP contribution < -0.4 is 0 Å². The summed E-state index contributed by atoms with van der Waals surface area (Å²) in [6.45, 7) is 9.35. The predicted octanol–water partition coefficient (Wildman–Crippen LogP) is 5.36. The van der Waals surface area contributed by atoms with Crippen LogP contribution in [-0.2, 0) is 0 Å². The molecule has 0 fully saturated rings. The lowest BCUT2D eigenvalue weighted by Gasteiger charge is -2.29. The molecule has 0 saturated heterocycles. The second-order valence-corrected chi connectivity index (χ2v) is 6.23. The van der Waals surface area contributed by atoms with Crippen LogP contribution in [0.4, 0.5) is 0 Å². The fourth-order valence-electron chi connectivity index (χ4n) is 2.93. The van der Waals surface area contributed by atoms with Gasteiger partial charge in [-0.15, -0.1) is 0 Å². The Labute approximate surface area is 127 Å². The molecule has 1 rings (SSSR count). The lowest BCUT2D eigenvalue weighted by molar-refractivity contribution is 0.165. The van der Waals surface area contributed by atoms with Crippen LogP contribution in [0.5, 0.6) is 0 Å². The van der Waals surface area contributed by atoms with E-state index in [-0.39, 0.29) is 0 Å². The van der Waals surface area contributed by atoms with E-state index in [1.807, 2.05) is 0 Å². The minimum atomic E-state index is 0.576. The van der Waals surface area contributed by atoms with Crippen molar-refractivity contribution in [2.75, 3.05) is 13.1 Å². The fraction of sp³-hybridized carbons (Fsp3) is 0.889. The minimum absolute atomic E-state index is 0.576. The van der Waals surface area contributed by atoms with Crippen LogP contribution in [0.1, 0.15) is 85.0 Å². The summed E-state index contributed by atoms with van der Waals surface area (Å²) < 4.78 is 0. The van der Waals surface area contributed by atoms with Crippen molar-refractivity contribution in [3.8, 4) is 0 Å². The first-order valence-electron chi connectivity index (χ1n) is 8.99. The highest BCUT2D eigenvalue weighted by Gasteiger charge is 2.20. The second-order valence-electron chi connectivity index (χ2n) is 6.23. The van der Waals surface area contributed by atoms with E-state index in [0.717, 1.165) is 0 Å². The topological polar surface area (TPSA) is 6.48 Å². The molecule has 0 aromatic carbocycles. The van der Waals surface area contributed by atoms with Crippen molar-refractivity contribution in [3.05, 3.63) is 12.4 Å². The van der Waals surface area contributed by atoms with Gasteiger partial charge in [-0.1, -0.05) is 65.2 Å². The molecule has 0 aromatic rings. The van der Waals surface area contributed by atoms with Crippen molar-refractivity contribution in [1.82, 2.24) is 9.80 Å². The predicted molar refractivity (Wildman–Crippen MR) is 89.5 cm³/mol. The Morgan fingerprint density at radius 3 is 1.60 bits per heavy atom. The van der Waals surface area contributed by atoms with E-state index in [4.69, 9.17) is 0 Å². The molecule has 0 spiro atoms. The second kappa shape index (κ2) is 11.0. The van der Waals surface area contributed by atoms with Crippen LogP contribution in [0.2, 0.25) is 0 Å². The largest absolute Gasteiger partial charge is 0.356 e. The molecule has 1 unspecified atom stereocenters. The first-order chi connectivity index (χ1) is 9.79. The van der Waals surface area contributed by atoms with Crippen molar-refractivity contribution >= 4 is 0 Å². The van der Waals surface area contributed by atoms with Gasteiger partial charge in [0.05, 0.1) is 6.17 Å². The van der Waals surface area contributed by atoms with E-state index in [9.17, 15) is 0 Å². The molecular formula is C18H36N2. The molecule has 1 atom stereocenters. The monoisotopic (exact) mass is 280 g/mol. The zero-order valence-corrected chi connectivity index (χ0v) is 14.1. The number of hydrogen-bond donors (Lipinski definition) is 0. The van der Waals surface area contributed by atoms with Gasteiger partial charge in [0.25, 0.3) is 0 Å². The highest BCUT2D eigenvalue weighted by molar-refractivity contribution is 4.95. The molecule has 2 nitrogen and oxygen atoms in total. The first kappa shape index (κ1) is 17.4. The molecule has 0 bridgehead atoms. The smallest absolute Gasteiger partial charge is 0.0977 e. The van der Waals surface area contributed by atoms with E-state index >= 15 is 0 Å². The van der Waals surface area contributed by atoms with Gasteiger partial charge in [-0.25, -0.2) is 0 Å². The van der Waals surface area contributed by atoms with Crippen LogP contribution in [-0.4, -0.2) is 29.1 Å².